The molecule has 5 heteroatoms. The van der Waals surface area contributed by atoms with Gasteiger partial charge in [-0.15, -0.1) is 6.42 Å². The maximum atomic E-state index is 12.6. The van der Waals surface area contributed by atoms with Crippen LogP contribution in [0.4, 0.5) is 0 Å². The highest BCUT2D eigenvalue weighted by Crippen LogP contribution is 2.20. The minimum atomic E-state index is -0.348. The first-order valence-electron chi connectivity index (χ1n) is 9.29. The standard InChI is InChI=1S/C23H22N2O2S/c1-4-6-7-17-8-13-20-21(15-17)28-23(25(20)14-5-2)24-22(27)19-11-9-18(10-12-19)16(3)26/h2,8-13,15H,4,6-7,14H2,1,3H3. The highest BCUT2D eigenvalue weighted by Gasteiger charge is 2.10. The first kappa shape index (κ1) is 19.8. The molecule has 0 unspecified atom stereocenters. The second kappa shape index (κ2) is 8.81. The van der Waals surface area contributed by atoms with Gasteiger partial charge in [-0.05, 0) is 49.6 Å². The number of hydrogen-bond acceptors (Lipinski definition) is 3. The van der Waals surface area contributed by atoms with E-state index in [0.717, 1.165) is 29.5 Å². The molecule has 0 saturated heterocycles. The summed E-state index contributed by atoms with van der Waals surface area (Å²) in [5.74, 6) is 2.26. The van der Waals surface area contributed by atoms with E-state index in [1.54, 1.807) is 24.3 Å². The summed E-state index contributed by atoms with van der Waals surface area (Å²) in [5.41, 5.74) is 3.28. The molecule has 0 atom stereocenters. The van der Waals surface area contributed by atoms with Crippen molar-refractivity contribution in [3.63, 3.8) is 0 Å². The molecule has 0 N–H and O–H groups in total. The van der Waals surface area contributed by atoms with Crippen molar-refractivity contribution in [1.82, 2.24) is 4.57 Å². The molecule has 1 heterocycles. The van der Waals surface area contributed by atoms with Crippen LogP contribution in [0.25, 0.3) is 10.2 Å². The first-order chi connectivity index (χ1) is 13.5. The largest absolute Gasteiger partial charge is 0.305 e. The average Bonchev–Trinajstić information content (AvgIpc) is 3.03. The third-order valence-corrected chi connectivity index (χ3v) is 5.59. The summed E-state index contributed by atoms with van der Waals surface area (Å²) in [6.07, 6.45) is 8.87. The Hall–Kier alpha value is -2.97. The average molecular weight is 391 g/mol. The van der Waals surface area contributed by atoms with Gasteiger partial charge in [0.05, 0.1) is 16.8 Å². The van der Waals surface area contributed by atoms with Crippen LogP contribution in [0.5, 0.6) is 0 Å². The summed E-state index contributed by atoms with van der Waals surface area (Å²) in [4.78, 5) is 28.9. The number of benzene rings is 2. The summed E-state index contributed by atoms with van der Waals surface area (Å²) in [6.45, 7) is 4.02. The number of carbonyl (C=O) groups excluding carboxylic acids is 2. The van der Waals surface area contributed by atoms with Crippen LogP contribution in [-0.4, -0.2) is 16.3 Å². The van der Waals surface area contributed by atoms with Crippen LogP contribution in [0.2, 0.25) is 0 Å². The van der Waals surface area contributed by atoms with Crippen molar-refractivity contribution in [3.05, 3.63) is 64.0 Å². The van der Waals surface area contributed by atoms with E-state index in [1.807, 2.05) is 4.57 Å². The maximum absolute atomic E-state index is 12.6. The van der Waals surface area contributed by atoms with Crippen molar-refractivity contribution in [3.8, 4) is 12.3 Å². The molecule has 1 aromatic heterocycles. The van der Waals surface area contributed by atoms with Gasteiger partial charge in [-0.3, -0.25) is 9.59 Å². The van der Waals surface area contributed by atoms with Gasteiger partial charge in [0.25, 0.3) is 5.91 Å². The van der Waals surface area contributed by atoms with Crippen molar-refractivity contribution in [2.75, 3.05) is 0 Å². The molecule has 2 aromatic carbocycles. The Kier molecular flexibility index (Phi) is 6.23. The molecule has 3 aromatic rings. The minimum absolute atomic E-state index is 0.0359. The summed E-state index contributed by atoms with van der Waals surface area (Å²) in [7, 11) is 0. The molecule has 28 heavy (non-hydrogen) atoms. The molecule has 0 bridgehead atoms. The van der Waals surface area contributed by atoms with Gasteiger partial charge in [0.2, 0.25) is 0 Å². The lowest BCUT2D eigenvalue weighted by molar-refractivity contribution is 0.0991. The smallest absolute Gasteiger partial charge is 0.279 e. The van der Waals surface area contributed by atoms with E-state index in [4.69, 9.17) is 6.42 Å². The Morgan fingerprint density at radius 1 is 1.14 bits per heavy atom. The van der Waals surface area contributed by atoms with Gasteiger partial charge in [-0.25, -0.2) is 0 Å². The van der Waals surface area contributed by atoms with E-state index in [2.05, 4.69) is 36.0 Å². The van der Waals surface area contributed by atoms with Gasteiger partial charge in [-0.1, -0.05) is 48.8 Å². The number of ketones is 1. The number of unbranched alkanes of at least 4 members (excludes halogenated alkanes) is 1. The predicted octanol–water partition coefficient (Wildman–Crippen LogP) is 4.62. The fourth-order valence-electron chi connectivity index (χ4n) is 2.98. The lowest BCUT2D eigenvalue weighted by Crippen LogP contribution is -2.16. The third kappa shape index (κ3) is 4.29. The number of aromatic nitrogens is 1. The van der Waals surface area contributed by atoms with Gasteiger partial charge in [-0.2, -0.15) is 4.99 Å². The lowest BCUT2D eigenvalue weighted by Gasteiger charge is -2.02. The number of nitrogens with zero attached hydrogens (tertiary/aromatic N) is 2. The van der Waals surface area contributed by atoms with E-state index in [1.165, 1.54) is 23.8 Å². The zero-order valence-corrected chi connectivity index (χ0v) is 16.9. The van der Waals surface area contributed by atoms with E-state index >= 15 is 0 Å². The highest BCUT2D eigenvalue weighted by atomic mass is 32.1. The van der Waals surface area contributed by atoms with Crippen molar-refractivity contribution in [2.45, 2.75) is 39.7 Å². The van der Waals surface area contributed by atoms with Crippen LogP contribution in [0, 0.1) is 12.3 Å². The number of amides is 1. The molecule has 0 spiro atoms. The number of Topliss-reactive ketones (excluding diaryl/α,β-unsaturated/α-hetero) is 1. The predicted molar refractivity (Wildman–Crippen MR) is 114 cm³/mol. The minimum Gasteiger partial charge on any atom is -0.305 e. The molecule has 0 fully saturated rings. The molecule has 0 saturated carbocycles. The summed E-state index contributed by atoms with van der Waals surface area (Å²) in [5, 5.41) is 0. The van der Waals surface area contributed by atoms with E-state index < -0.39 is 0 Å². The number of hydrogen-bond donors (Lipinski definition) is 0. The molecule has 0 aliphatic carbocycles. The Morgan fingerprint density at radius 3 is 2.50 bits per heavy atom. The molecule has 1 amide bonds. The normalized spacial score (nSPS) is 11.5. The van der Waals surface area contributed by atoms with Crippen molar-refractivity contribution in [2.24, 2.45) is 4.99 Å². The van der Waals surface area contributed by atoms with Gasteiger partial charge >= 0.3 is 0 Å². The molecule has 4 nitrogen and oxygen atoms in total. The van der Waals surface area contributed by atoms with E-state index in [9.17, 15) is 9.59 Å². The molecule has 0 radical (unpaired) electrons. The lowest BCUT2D eigenvalue weighted by atomic mass is 10.1. The maximum Gasteiger partial charge on any atom is 0.279 e. The number of fused-ring (bicyclic) bond motifs is 1. The zero-order valence-electron chi connectivity index (χ0n) is 16.1. The number of rotatable bonds is 6. The molecule has 0 aliphatic rings. The van der Waals surface area contributed by atoms with Crippen LogP contribution < -0.4 is 4.80 Å². The third-order valence-electron chi connectivity index (χ3n) is 4.55. The fourth-order valence-corrected chi connectivity index (χ4v) is 4.07. The van der Waals surface area contributed by atoms with E-state index in [0.29, 0.717) is 22.5 Å². The number of terminal acetylenes is 1. The van der Waals surface area contributed by atoms with Crippen LogP contribution in [0.15, 0.2) is 47.5 Å². The van der Waals surface area contributed by atoms with E-state index in [-0.39, 0.29) is 11.7 Å². The summed E-state index contributed by atoms with van der Waals surface area (Å²) < 4.78 is 2.97. The van der Waals surface area contributed by atoms with Crippen molar-refractivity contribution in [1.29, 1.82) is 0 Å². The molecular weight excluding hydrogens is 368 g/mol. The Labute approximate surface area is 168 Å². The Bertz CT molecular complexity index is 1130. The second-order valence-corrected chi connectivity index (χ2v) is 7.64. The topological polar surface area (TPSA) is 51.4 Å². The second-order valence-electron chi connectivity index (χ2n) is 6.63. The van der Waals surface area contributed by atoms with Crippen molar-refractivity contribution >= 4 is 33.2 Å². The summed E-state index contributed by atoms with van der Waals surface area (Å²) in [6, 6.07) is 12.9. The van der Waals surface area contributed by atoms with Crippen LogP contribution in [0.3, 0.4) is 0 Å². The Balaban J connectivity index is 2.02. The number of aryl methyl sites for hydroxylation is 1. The highest BCUT2D eigenvalue weighted by molar-refractivity contribution is 7.16. The SMILES string of the molecule is C#CCn1c(=NC(=O)c2ccc(C(C)=O)cc2)sc2cc(CCCC)ccc21. The van der Waals surface area contributed by atoms with Crippen LogP contribution in [0.1, 0.15) is 53.0 Å². The van der Waals surface area contributed by atoms with Gasteiger partial charge in [0, 0.05) is 11.1 Å². The fraction of sp³-hybridized carbons (Fsp3) is 0.261. The molecular formula is C23H22N2O2S. The van der Waals surface area contributed by atoms with Crippen molar-refractivity contribution < 1.29 is 9.59 Å². The van der Waals surface area contributed by atoms with Crippen LogP contribution >= 0.6 is 11.3 Å². The number of thiazole rings is 1. The van der Waals surface area contributed by atoms with Gasteiger partial charge < -0.3 is 4.57 Å². The first-order valence-corrected chi connectivity index (χ1v) is 10.1. The monoisotopic (exact) mass is 390 g/mol. The zero-order chi connectivity index (χ0) is 20.1. The van der Waals surface area contributed by atoms with Gasteiger partial charge in [0.1, 0.15) is 0 Å². The summed E-state index contributed by atoms with van der Waals surface area (Å²) >= 11 is 1.47. The molecule has 142 valence electrons. The molecule has 3 rings (SSSR count). The quantitative estimate of drug-likeness (QED) is 0.455. The number of carbonyl (C=O) groups is 2. The van der Waals surface area contributed by atoms with Crippen LogP contribution in [-0.2, 0) is 13.0 Å². The molecule has 0 aliphatic heterocycles. The van der Waals surface area contributed by atoms with Gasteiger partial charge in [0.15, 0.2) is 10.6 Å². The Morgan fingerprint density at radius 2 is 1.86 bits per heavy atom.